The fourth-order valence-corrected chi connectivity index (χ4v) is 4.01. The minimum Gasteiger partial charge on any atom is -1.00 e. The van der Waals surface area contributed by atoms with Gasteiger partial charge in [0.2, 0.25) is 10.5 Å². The Hall–Kier alpha value is -0.200. The van der Waals surface area contributed by atoms with E-state index >= 15 is 0 Å². The molecule has 0 saturated heterocycles. The Bertz CT molecular complexity index is 639. The van der Waals surface area contributed by atoms with Crippen molar-refractivity contribution in [1.82, 2.24) is 0 Å². The van der Waals surface area contributed by atoms with Gasteiger partial charge >= 0.3 is 0 Å². The van der Waals surface area contributed by atoms with Gasteiger partial charge in [-0.05, 0) is 30.5 Å². The van der Waals surface area contributed by atoms with Crippen molar-refractivity contribution in [1.29, 1.82) is 0 Å². The number of thiophene rings is 1. The van der Waals surface area contributed by atoms with E-state index in [1.807, 2.05) is 22.7 Å². The molecule has 0 spiro atoms. The summed E-state index contributed by atoms with van der Waals surface area (Å²) < 4.78 is 5.21. The summed E-state index contributed by atoms with van der Waals surface area (Å²) >= 11 is 3.71. The lowest BCUT2D eigenvalue weighted by Crippen LogP contribution is -3.00. The van der Waals surface area contributed by atoms with Crippen molar-refractivity contribution in [3.05, 3.63) is 28.6 Å². The summed E-state index contributed by atoms with van der Waals surface area (Å²) in [6, 6.07) is 6.72. The van der Waals surface area contributed by atoms with E-state index in [0.717, 1.165) is 6.54 Å². The Balaban J connectivity index is 0.000000963. The molecule has 0 saturated carbocycles. The van der Waals surface area contributed by atoms with E-state index in [0.29, 0.717) is 0 Å². The van der Waals surface area contributed by atoms with E-state index in [4.69, 9.17) is 0 Å². The van der Waals surface area contributed by atoms with Gasteiger partial charge in [0.05, 0.1) is 5.39 Å². The molecule has 2 heterocycles. The standard InChI is InChI=1S/C12H12NS2.HI/c1-3-13-8(2)15-11-5-4-10-9(12(11)13)6-7-14-10;/h4-7H,3H2,1-2H3;1H/q+1;/p-1. The molecule has 84 valence electrons. The van der Waals surface area contributed by atoms with Gasteiger partial charge in [0.15, 0.2) is 0 Å². The average Bonchev–Trinajstić information content (AvgIpc) is 2.78. The Morgan fingerprint density at radius 1 is 1.19 bits per heavy atom. The minimum absolute atomic E-state index is 0. The number of fused-ring (bicyclic) bond motifs is 3. The molecule has 0 bridgehead atoms. The second kappa shape index (κ2) is 4.58. The Morgan fingerprint density at radius 3 is 2.69 bits per heavy atom. The summed E-state index contributed by atoms with van der Waals surface area (Å²) in [6.45, 7) is 5.47. The van der Waals surface area contributed by atoms with Crippen molar-refractivity contribution in [3.63, 3.8) is 0 Å². The molecule has 0 unspecified atom stereocenters. The zero-order valence-electron chi connectivity index (χ0n) is 9.16. The molecule has 3 rings (SSSR count). The van der Waals surface area contributed by atoms with Crippen LogP contribution in [-0.2, 0) is 6.54 Å². The van der Waals surface area contributed by atoms with Crippen molar-refractivity contribution in [2.24, 2.45) is 0 Å². The highest BCUT2D eigenvalue weighted by atomic mass is 127. The zero-order valence-corrected chi connectivity index (χ0v) is 12.9. The normalized spacial score (nSPS) is 10.9. The maximum absolute atomic E-state index is 2.41. The first kappa shape index (κ1) is 12.3. The van der Waals surface area contributed by atoms with E-state index in [2.05, 4.69) is 42.0 Å². The van der Waals surface area contributed by atoms with Crippen LogP contribution in [0, 0.1) is 6.92 Å². The summed E-state index contributed by atoms with van der Waals surface area (Å²) in [5.41, 5.74) is 1.42. The predicted octanol–water partition coefficient (Wildman–Crippen LogP) is 0.736. The quantitative estimate of drug-likeness (QED) is 0.445. The number of nitrogens with zero attached hydrogens (tertiary/aromatic N) is 1. The number of halogens is 1. The predicted molar refractivity (Wildman–Crippen MR) is 67.8 cm³/mol. The number of aromatic nitrogens is 1. The van der Waals surface area contributed by atoms with Crippen LogP contribution in [0.4, 0.5) is 0 Å². The van der Waals surface area contributed by atoms with Crippen LogP contribution in [0.3, 0.4) is 0 Å². The number of rotatable bonds is 1. The molecule has 0 fully saturated rings. The second-order valence-corrected chi connectivity index (χ2v) is 5.79. The minimum atomic E-state index is 0. The zero-order chi connectivity index (χ0) is 10.4. The summed E-state index contributed by atoms with van der Waals surface area (Å²) in [5.74, 6) is 0. The highest BCUT2D eigenvalue weighted by Crippen LogP contribution is 2.30. The van der Waals surface area contributed by atoms with Gasteiger partial charge in [-0.2, -0.15) is 4.57 Å². The van der Waals surface area contributed by atoms with Crippen molar-refractivity contribution >= 4 is 43.0 Å². The van der Waals surface area contributed by atoms with Crippen LogP contribution < -0.4 is 28.5 Å². The van der Waals surface area contributed by atoms with Crippen LogP contribution in [0.5, 0.6) is 0 Å². The number of thiazole rings is 1. The maximum Gasteiger partial charge on any atom is 0.235 e. The first-order valence-corrected chi connectivity index (χ1v) is 6.80. The molecular weight excluding hydrogens is 349 g/mol. The molecule has 1 aromatic carbocycles. The smallest absolute Gasteiger partial charge is 0.235 e. The van der Waals surface area contributed by atoms with Crippen LogP contribution in [0.2, 0.25) is 0 Å². The van der Waals surface area contributed by atoms with Crippen molar-refractivity contribution in [2.45, 2.75) is 20.4 Å². The van der Waals surface area contributed by atoms with Gasteiger partial charge in [0, 0.05) is 11.6 Å². The SMILES string of the molecule is CC[n+]1c(C)sc2ccc3sccc3c21.[I-]. The molecule has 0 aliphatic carbocycles. The third kappa shape index (κ3) is 1.67. The molecule has 1 nitrogen and oxygen atoms in total. The van der Waals surface area contributed by atoms with Crippen molar-refractivity contribution in [2.75, 3.05) is 0 Å². The summed E-state index contributed by atoms with van der Waals surface area (Å²) in [5, 5.41) is 4.98. The van der Waals surface area contributed by atoms with Crippen molar-refractivity contribution < 1.29 is 28.5 Å². The van der Waals surface area contributed by atoms with Gasteiger partial charge in [-0.1, -0.05) is 11.3 Å². The largest absolute Gasteiger partial charge is 1.00 e. The lowest BCUT2D eigenvalue weighted by molar-refractivity contribution is -0.668. The second-order valence-electron chi connectivity index (χ2n) is 3.61. The van der Waals surface area contributed by atoms with Crippen LogP contribution in [0.25, 0.3) is 20.3 Å². The van der Waals surface area contributed by atoms with Gasteiger partial charge in [-0.15, -0.1) is 11.3 Å². The van der Waals surface area contributed by atoms with E-state index in [1.54, 1.807) is 0 Å². The number of aryl methyl sites for hydroxylation is 2. The number of hydrogen-bond acceptors (Lipinski definition) is 2. The third-order valence-electron chi connectivity index (χ3n) is 2.79. The van der Waals surface area contributed by atoms with E-state index < -0.39 is 0 Å². The monoisotopic (exact) mass is 361 g/mol. The van der Waals surface area contributed by atoms with Gasteiger partial charge in [-0.25, -0.2) is 0 Å². The molecule has 0 N–H and O–H groups in total. The highest BCUT2D eigenvalue weighted by Gasteiger charge is 2.18. The topological polar surface area (TPSA) is 3.88 Å². The Labute approximate surface area is 120 Å². The van der Waals surface area contributed by atoms with Crippen LogP contribution in [0.15, 0.2) is 23.6 Å². The van der Waals surface area contributed by atoms with Gasteiger partial charge in [-0.3, -0.25) is 0 Å². The van der Waals surface area contributed by atoms with E-state index in [9.17, 15) is 0 Å². The third-order valence-corrected chi connectivity index (χ3v) is 4.74. The van der Waals surface area contributed by atoms with Gasteiger partial charge in [0.1, 0.15) is 11.2 Å². The average molecular weight is 361 g/mol. The fraction of sp³-hybridized carbons (Fsp3) is 0.250. The molecule has 0 amide bonds. The fourth-order valence-electron chi connectivity index (χ4n) is 2.12. The number of hydrogen-bond donors (Lipinski definition) is 0. The molecule has 0 aliphatic heterocycles. The van der Waals surface area contributed by atoms with Crippen molar-refractivity contribution in [3.8, 4) is 0 Å². The highest BCUT2D eigenvalue weighted by molar-refractivity contribution is 7.19. The first-order chi connectivity index (χ1) is 7.31. The summed E-state index contributed by atoms with van der Waals surface area (Å²) in [7, 11) is 0. The molecule has 4 heteroatoms. The van der Waals surface area contributed by atoms with Crippen LogP contribution in [0.1, 0.15) is 11.9 Å². The Morgan fingerprint density at radius 2 is 1.94 bits per heavy atom. The molecular formula is C12H12INS2. The molecule has 0 radical (unpaired) electrons. The molecule has 3 aromatic rings. The molecule has 0 atom stereocenters. The van der Waals surface area contributed by atoms with Gasteiger partial charge < -0.3 is 24.0 Å². The van der Waals surface area contributed by atoms with E-state index in [1.165, 1.54) is 25.3 Å². The number of benzene rings is 1. The summed E-state index contributed by atoms with van der Waals surface area (Å²) in [4.78, 5) is 0. The lowest BCUT2D eigenvalue weighted by Gasteiger charge is -1.92. The maximum atomic E-state index is 2.41. The van der Waals surface area contributed by atoms with Crippen LogP contribution in [-0.4, -0.2) is 0 Å². The van der Waals surface area contributed by atoms with E-state index in [-0.39, 0.29) is 24.0 Å². The van der Waals surface area contributed by atoms with Crippen LogP contribution >= 0.6 is 22.7 Å². The summed E-state index contributed by atoms with van der Waals surface area (Å²) in [6.07, 6.45) is 0. The Kier molecular flexibility index (Phi) is 3.51. The lowest BCUT2D eigenvalue weighted by atomic mass is 10.2. The van der Waals surface area contributed by atoms with Gasteiger partial charge in [0.25, 0.3) is 0 Å². The molecule has 2 aromatic heterocycles. The molecule has 0 aliphatic rings. The first-order valence-electron chi connectivity index (χ1n) is 5.10. The molecule has 16 heavy (non-hydrogen) atoms.